The Bertz CT molecular complexity index is 293. The number of hydrogen-bond acceptors (Lipinski definition) is 3. The van der Waals surface area contributed by atoms with Crippen molar-refractivity contribution >= 4 is 17.5 Å². The van der Waals surface area contributed by atoms with Crippen LogP contribution in [0, 0.1) is 0 Å². The van der Waals surface area contributed by atoms with Crippen LogP contribution in [0.4, 0.5) is 5.69 Å². The van der Waals surface area contributed by atoms with E-state index in [2.05, 4.69) is 20.8 Å². The molecule has 0 aromatic carbocycles. The molecule has 0 radical (unpaired) electrons. The second-order valence-electron chi connectivity index (χ2n) is 2.44. The van der Waals surface area contributed by atoms with Gasteiger partial charge < -0.3 is 10.6 Å². The SMILES string of the molecule is CC(=O)NCC(=O)Nc1cn[nH]c1. The van der Waals surface area contributed by atoms with Gasteiger partial charge in [0.15, 0.2) is 0 Å². The minimum Gasteiger partial charge on any atom is -0.347 e. The summed E-state index contributed by atoms with van der Waals surface area (Å²) >= 11 is 0. The van der Waals surface area contributed by atoms with Crippen LogP contribution < -0.4 is 10.6 Å². The fourth-order valence-corrected chi connectivity index (χ4v) is 0.729. The van der Waals surface area contributed by atoms with Gasteiger partial charge in [-0.05, 0) is 0 Å². The molecule has 0 unspecified atom stereocenters. The average Bonchev–Trinajstić information content (AvgIpc) is 2.53. The van der Waals surface area contributed by atoms with Crippen LogP contribution in [0.1, 0.15) is 6.92 Å². The Hall–Kier alpha value is -1.85. The van der Waals surface area contributed by atoms with E-state index in [1.54, 1.807) is 6.20 Å². The predicted molar refractivity (Wildman–Crippen MR) is 45.9 cm³/mol. The largest absolute Gasteiger partial charge is 0.347 e. The summed E-state index contributed by atoms with van der Waals surface area (Å²) in [5, 5.41) is 11.1. The van der Waals surface area contributed by atoms with Crippen LogP contribution in [-0.2, 0) is 9.59 Å². The minimum atomic E-state index is -0.281. The highest BCUT2D eigenvalue weighted by molar-refractivity contribution is 5.93. The van der Waals surface area contributed by atoms with Crippen LogP contribution >= 0.6 is 0 Å². The molecule has 1 aromatic rings. The Labute approximate surface area is 74.7 Å². The lowest BCUT2D eigenvalue weighted by Crippen LogP contribution is -2.30. The normalized spacial score (nSPS) is 9.31. The highest BCUT2D eigenvalue weighted by atomic mass is 16.2. The second-order valence-corrected chi connectivity index (χ2v) is 2.44. The van der Waals surface area contributed by atoms with Gasteiger partial charge >= 0.3 is 0 Å². The third-order valence-electron chi connectivity index (χ3n) is 1.28. The fourth-order valence-electron chi connectivity index (χ4n) is 0.729. The van der Waals surface area contributed by atoms with Gasteiger partial charge in [0.25, 0.3) is 0 Å². The van der Waals surface area contributed by atoms with Crippen molar-refractivity contribution in [2.75, 3.05) is 11.9 Å². The first-order valence-corrected chi connectivity index (χ1v) is 3.71. The predicted octanol–water partition coefficient (Wildman–Crippen LogP) is -0.516. The van der Waals surface area contributed by atoms with E-state index in [1.807, 2.05) is 0 Å². The number of carbonyl (C=O) groups excluding carboxylic acids is 2. The van der Waals surface area contributed by atoms with Crippen molar-refractivity contribution in [3.05, 3.63) is 12.4 Å². The fraction of sp³-hybridized carbons (Fsp3) is 0.286. The molecule has 0 aliphatic heterocycles. The Kier molecular flexibility index (Phi) is 3.02. The van der Waals surface area contributed by atoms with Gasteiger partial charge in [-0.15, -0.1) is 0 Å². The number of anilines is 1. The molecule has 6 heteroatoms. The number of aromatic nitrogens is 2. The Morgan fingerprint density at radius 3 is 2.92 bits per heavy atom. The van der Waals surface area contributed by atoms with Crippen LogP contribution in [0.2, 0.25) is 0 Å². The average molecular weight is 182 g/mol. The Morgan fingerprint density at radius 2 is 2.38 bits per heavy atom. The highest BCUT2D eigenvalue weighted by Gasteiger charge is 2.02. The molecule has 1 heterocycles. The topological polar surface area (TPSA) is 86.9 Å². The molecule has 13 heavy (non-hydrogen) atoms. The van der Waals surface area contributed by atoms with Crippen molar-refractivity contribution in [2.45, 2.75) is 6.92 Å². The quantitative estimate of drug-likeness (QED) is 0.588. The summed E-state index contributed by atoms with van der Waals surface area (Å²) in [5.41, 5.74) is 0.579. The van der Waals surface area contributed by atoms with E-state index in [4.69, 9.17) is 0 Å². The number of amides is 2. The monoisotopic (exact) mass is 182 g/mol. The number of carbonyl (C=O) groups is 2. The van der Waals surface area contributed by atoms with E-state index in [1.165, 1.54) is 13.1 Å². The van der Waals surface area contributed by atoms with Crippen LogP contribution in [0.3, 0.4) is 0 Å². The first kappa shape index (κ1) is 9.24. The van der Waals surface area contributed by atoms with Gasteiger partial charge in [0.05, 0.1) is 18.4 Å². The molecule has 1 rings (SSSR count). The molecule has 0 spiro atoms. The summed E-state index contributed by atoms with van der Waals surface area (Å²) in [4.78, 5) is 21.5. The van der Waals surface area contributed by atoms with Gasteiger partial charge in [0.2, 0.25) is 11.8 Å². The summed E-state index contributed by atoms with van der Waals surface area (Å²) < 4.78 is 0. The number of hydrogen-bond donors (Lipinski definition) is 3. The minimum absolute atomic E-state index is 0.0273. The molecule has 0 saturated heterocycles. The Balaban J connectivity index is 2.30. The standard InChI is InChI=1S/C7H10N4O2/c1-5(12)8-4-7(13)11-6-2-9-10-3-6/h2-3H,4H2,1H3,(H,8,12)(H,9,10)(H,11,13). The Morgan fingerprint density at radius 1 is 1.62 bits per heavy atom. The number of H-pyrrole nitrogens is 1. The lowest BCUT2D eigenvalue weighted by molar-refractivity contribution is -0.122. The molecular weight excluding hydrogens is 172 g/mol. The molecular formula is C7H10N4O2. The van der Waals surface area contributed by atoms with Gasteiger partial charge in [-0.2, -0.15) is 5.10 Å². The zero-order valence-corrected chi connectivity index (χ0v) is 7.13. The van der Waals surface area contributed by atoms with E-state index in [-0.39, 0.29) is 18.4 Å². The van der Waals surface area contributed by atoms with Crippen molar-refractivity contribution in [3.8, 4) is 0 Å². The molecule has 1 aromatic heterocycles. The lowest BCUT2D eigenvalue weighted by atomic mass is 10.5. The molecule has 0 atom stereocenters. The third-order valence-corrected chi connectivity index (χ3v) is 1.28. The summed E-state index contributed by atoms with van der Waals surface area (Å²) in [6.45, 7) is 1.33. The second kappa shape index (κ2) is 4.24. The maximum atomic E-state index is 11.0. The zero-order chi connectivity index (χ0) is 9.68. The first-order valence-electron chi connectivity index (χ1n) is 3.71. The van der Waals surface area contributed by atoms with Crippen LogP contribution in [0.25, 0.3) is 0 Å². The summed E-state index contributed by atoms with van der Waals surface area (Å²) in [6.07, 6.45) is 3.03. The molecule has 0 aliphatic rings. The molecule has 0 bridgehead atoms. The van der Waals surface area contributed by atoms with Gasteiger partial charge in [-0.25, -0.2) is 0 Å². The zero-order valence-electron chi connectivity index (χ0n) is 7.13. The number of nitrogens with one attached hydrogen (secondary N) is 3. The molecule has 0 saturated carbocycles. The van der Waals surface area contributed by atoms with Crippen LogP contribution in [0.15, 0.2) is 12.4 Å². The lowest BCUT2D eigenvalue weighted by Gasteiger charge is -2.01. The molecule has 70 valence electrons. The van der Waals surface area contributed by atoms with Crippen LogP contribution in [-0.4, -0.2) is 28.6 Å². The van der Waals surface area contributed by atoms with Crippen molar-refractivity contribution in [1.29, 1.82) is 0 Å². The summed E-state index contributed by atoms with van der Waals surface area (Å²) in [5.74, 6) is -0.515. The maximum Gasteiger partial charge on any atom is 0.243 e. The van der Waals surface area contributed by atoms with Gasteiger partial charge in [0, 0.05) is 13.1 Å². The van der Waals surface area contributed by atoms with E-state index in [9.17, 15) is 9.59 Å². The molecule has 0 fully saturated rings. The van der Waals surface area contributed by atoms with Crippen LogP contribution in [0.5, 0.6) is 0 Å². The summed E-state index contributed by atoms with van der Waals surface area (Å²) in [6, 6.07) is 0. The van der Waals surface area contributed by atoms with E-state index in [0.717, 1.165) is 0 Å². The number of rotatable bonds is 3. The van der Waals surface area contributed by atoms with Crippen molar-refractivity contribution in [1.82, 2.24) is 15.5 Å². The molecule has 6 nitrogen and oxygen atoms in total. The summed E-state index contributed by atoms with van der Waals surface area (Å²) in [7, 11) is 0. The number of aromatic amines is 1. The highest BCUT2D eigenvalue weighted by Crippen LogP contribution is 1.99. The van der Waals surface area contributed by atoms with E-state index >= 15 is 0 Å². The van der Waals surface area contributed by atoms with E-state index in [0.29, 0.717) is 5.69 Å². The molecule has 0 aliphatic carbocycles. The van der Waals surface area contributed by atoms with E-state index < -0.39 is 0 Å². The van der Waals surface area contributed by atoms with Gasteiger partial charge in [-0.3, -0.25) is 14.7 Å². The van der Waals surface area contributed by atoms with Gasteiger partial charge in [-0.1, -0.05) is 0 Å². The maximum absolute atomic E-state index is 11.0. The third kappa shape index (κ3) is 3.37. The molecule has 2 amide bonds. The van der Waals surface area contributed by atoms with Crippen molar-refractivity contribution < 1.29 is 9.59 Å². The van der Waals surface area contributed by atoms with Gasteiger partial charge in [0.1, 0.15) is 0 Å². The van der Waals surface area contributed by atoms with Crippen molar-refractivity contribution in [3.63, 3.8) is 0 Å². The molecule has 3 N–H and O–H groups in total. The smallest absolute Gasteiger partial charge is 0.243 e. The van der Waals surface area contributed by atoms with Crippen molar-refractivity contribution in [2.24, 2.45) is 0 Å². The number of nitrogens with zero attached hydrogens (tertiary/aromatic N) is 1. The first-order chi connectivity index (χ1) is 6.18.